The minimum absolute atomic E-state index is 0.248. The van der Waals surface area contributed by atoms with E-state index in [0.29, 0.717) is 11.4 Å². The van der Waals surface area contributed by atoms with E-state index in [1.165, 1.54) is 11.8 Å². The van der Waals surface area contributed by atoms with E-state index in [9.17, 15) is 4.79 Å². The molecule has 0 amide bonds. The maximum absolute atomic E-state index is 11.1. The Morgan fingerprint density at radius 1 is 1.37 bits per heavy atom. The number of thioether (sulfide) groups is 1. The number of carboxylic acids is 1. The molecule has 1 heterocycles. The summed E-state index contributed by atoms with van der Waals surface area (Å²) in [6, 6.07) is 10.8. The van der Waals surface area contributed by atoms with Crippen LogP contribution in [-0.4, -0.2) is 23.2 Å². The van der Waals surface area contributed by atoms with Gasteiger partial charge in [0.1, 0.15) is 5.75 Å². The number of nitrogens with zero attached hydrogens (tertiary/aromatic N) is 1. The summed E-state index contributed by atoms with van der Waals surface area (Å²) >= 11 is 1.53. The van der Waals surface area contributed by atoms with E-state index in [0.717, 1.165) is 10.6 Å². The van der Waals surface area contributed by atoms with E-state index in [1.807, 2.05) is 24.3 Å². The van der Waals surface area contributed by atoms with Crippen molar-refractivity contribution in [2.45, 2.75) is 10.6 Å². The lowest BCUT2D eigenvalue weighted by atomic mass is 10.2. The van der Waals surface area contributed by atoms with Crippen molar-refractivity contribution in [2.24, 2.45) is 0 Å². The molecule has 0 saturated carbocycles. The molecule has 2 rings (SSSR count). The molecule has 4 nitrogen and oxygen atoms in total. The number of aromatic carboxylic acids is 1. The van der Waals surface area contributed by atoms with Crippen LogP contribution < -0.4 is 4.74 Å². The zero-order valence-electron chi connectivity index (χ0n) is 10.4. The normalized spacial score (nSPS) is 10.2. The summed E-state index contributed by atoms with van der Waals surface area (Å²) in [4.78, 5) is 16.2. The zero-order chi connectivity index (χ0) is 13.7. The number of ether oxygens (including phenoxy) is 1. The van der Waals surface area contributed by atoms with Gasteiger partial charge >= 0.3 is 5.97 Å². The summed E-state index contributed by atoms with van der Waals surface area (Å²) < 4.78 is 5.15. The second-order valence-corrected chi connectivity index (χ2v) is 4.82. The lowest BCUT2D eigenvalue weighted by Crippen LogP contribution is -2.03. The third kappa shape index (κ3) is 3.48. The highest BCUT2D eigenvalue weighted by molar-refractivity contribution is 7.98. The SMILES string of the molecule is COc1cccc(SCc2ncccc2C(=O)O)c1. The highest BCUT2D eigenvalue weighted by Gasteiger charge is 2.10. The summed E-state index contributed by atoms with van der Waals surface area (Å²) in [7, 11) is 1.62. The molecule has 98 valence electrons. The molecule has 0 unspecified atom stereocenters. The van der Waals surface area contributed by atoms with E-state index in [2.05, 4.69) is 4.98 Å². The predicted octanol–water partition coefficient (Wildman–Crippen LogP) is 3.08. The second kappa shape index (κ2) is 6.24. The number of hydrogen-bond donors (Lipinski definition) is 1. The molecule has 0 saturated heterocycles. The third-order valence-corrected chi connectivity index (χ3v) is 3.54. The molecule has 0 fully saturated rings. The molecule has 5 heteroatoms. The number of carbonyl (C=O) groups is 1. The molecule has 1 aromatic heterocycles. The average Bonchev–Trinajstić information content (AvgIpc) is 2.45. The largest absolute Gasteiger partial charge is 0.497 e. The van der Waals surface area contributed by atoms with E-state index in [4.69, 9.17) is 9.84 Å². The Hall–Kier alpha value is -2.01. The van der Waals surface area contributed by atoms with Gasteiger partial charge in [0.05, 0.1) is 18.4 Å². The molecule has 0 bridgehead atoms. The molecule has 0 spiro atoms. The standard InChI is InChI=1S/C14H13NO3S/c1-18-10-4-2-5-11(8-10)19-9-13-12(14(16)17)6-3-7-15-13/h2-8H,9H2,1H3,(H,16,17). The predicted molar refractivity (Wildman–Crippen MR) is 73.8 cm³/mol. The molecular weight excluding hydrogens is 262 g/mol. The van der Waals surface area contributed by atoms with Gasteiger partial charge in [0.15, 0.2) is 0 Å². The Labute approximate surface area is 115 Å². The van der Waals surface area contributed by atoms with Crippen LogP contribution in [0.1, 0.15) is 16.1 Å². The maximum Gasteiger partial charge on any atom is 0.337 e. The summed E-state index contributed by atoms with van der Waals surface area (Å²) in [5.74, 6) is 0.342. The van der Waals surface area contributed by atoms with Crippen molar-refractivity contribution in [1.82, 2.24) is 4.98 Å². The highest BCUT2D eigenvalue weighted by atomic mass is 32.2. The Balaban J connectivity index is 2.12. The minimum Gasteiger partial charge on any atom is -0.497 e. The van der Waals surface area contributed by atoms with Crippen molar-refractivity contribution in [3.8, 4) is 5.75 Å². The molecule has 0 atom stereocenters. The quantitative estimate of drug-likeness (QED) is 0.850. The number of aromatic nitrogens is 1. The van der Waals surface area contributed by atoms with Crippen LogP contribution in [0.5, 0.6) is 5.75 Å². The molecule has 1 N–H and O–H groups in total. The fourth-order valence-electron chi connectivity index (χ4n) is 1.59. The zero-order valence-corrected chi connectivity index (χ0v) is 11.2. The Bertz CT molecular complexity index is 586. The highest BCUT2D eigenvalue weighted by Crippen LogP contribution is 2.26. The number of methoxy groups -OCH3 is 1. The lowest BCUT2D eigenvalue weighted by Gasteiger charge is -2.06. The number of pyridine rings is 1. The average molecular weight is 275 g/mol. The van der Waals surface area contributed by atoms with Crippen LogP contribution in [-0.2, 0) is 5.75 Å². The van der Waals surface area contributed by atoms with Crippen molar-refractivity contribution in [3.63, 3.8) is 0 Å². The Morgan fingerprint density at radius 3 is 2.95 bits per heavy atom. The Morgan fingerprint density at radius 2 is 2.21 bits per heavy atom. The van der Waals surface area contributed by atoms with Crippen LogP contribution >= 0.6 is 11.8 Å². The van der Waals surface area contributed by atoms with Gasteiger partial charge in [-0.3, -0.25) is 4.98 Å². The molecule has 0 aliphatic rings. The van der Waals surface area contributed by atoms with Crippen molar-refractivity contribution in [1.29, 1.82) is 0 Å². The van der Waals surface area contributed by atoms with Crippen LogP contribution in [0.3, 0.4) is 0 Å². The van der Waals surface area contributed by atoms with Gasteiger partial charge < -0.3 is 9.84 Å². The second-order valence-electron chi connectivity index (χ2n) is 3.77. The first-order valence-electron chi connectivity index (χ1n) is 5.64. The number of rotatable bonds is 5. The van der Waals surface area contributed by atoms with Crippen molar-refractivity contribution < 1.29 is 14.6 Å². The first kappa shape index (κ1) is 13.4. The molecule has 1 aromatic carbocycles. The maximum atomic E-state index is 11.1. The van der Waals surface area contributed by atoms with Crippen molar-refractivity contribution in [3.05, 3.63) is 53.9 Å². The van der Waals surface area contributed by atoms with Crippen LogP contribution in [0.25, 0.3) is 0 Å². The van der Waals surface area contributed by atoms with Gasteiger partial charge in [0.2, 0.25) is 0 Å². The van der Waals surface area contributed by atoms with E-state index in [-0.39, 0.29) is 5.56 Å². The van der Waals surface area contributed by atoms with Crippen LogP contribution in [0, 0.1) is 0 Å². The van der Waals surface area contributed by atoms with Crippen LogP contribution in [0.4, 0.5) is 0 Å². The van der Waals surface area contributed by atoms with Crippen molar-refractivity contribution >= 4 is 17.7 Å². The first-order chi connectivity index (χ1) is 9.20. The fraction of sp³-hybridized carbons (Fsp3) is 0.143. The Kier molecular flexibility index (Phi) is 4.41. The number of benzene rings is 1. The number of carboxylic acid groups (broad SMARTS) is 1. The van der Waals surface area contributed by atoms with Gasteiger partial charge in [-0.1, -0.05) is 6.07 Å². The first-order valence-corrected chi connectivity index (χ1v) is 6.63. The summed E-state index contributed by atoms with van der Waals surface area (Å²) in [6.07, 6.45) is 1.61. The third-order valence-electron chi connectivity index (χ3n) is 2.54. The van der Waals surface area contributed by atoms with E-state index < -0.39 is 5.97 Å². The van der Waals surface area contributed by atoms with Crippen molar-refractivity contribution in [2.75, 3.05) is 7.11 Å². The van der Waals surface area contributed by atoms with Crippen LogP contribution in [0.2, 0.25) is 0 Å². The van der Waals surface area contributed by atoms with E-state index >= 15 is 0 Å². The lowest BCUT2D eigenvalue weighted by molar-refractivity contribution is 0.0695. The van der Waals surface area contributed by atoms with Gasteiger partial charge in [-0.15, -0.1) is 11.8 Å². The molecule has 2 aromatic rings. The summed E-state index contributed by atoms with van der Waals surface area (Å²) in [6.45, 7) is 0. The summed E-state index contributed by atoms with van der Waals surface area (Å²) in [5.41, 5.74) is 0.820. The van der Waals surface area contributed by atoms with Crippen LogP contribution in [0.15, 0.2) is 47.5 Å². The van der Waals surface area contributed by atoms with Gasteiger partial charge in [0, 0.05) is 16.8 Å². The molecule has 0 aliphatic carbocycles. The minimum atomic E-state index is -0.950. The van der Waals surface area contributed by atoms with Gasteiger partial charge in [-0.25, -0.2) is 4.79 Å². The smallest absolute Gasteiger partial charge is 0.337 e. The molecule has 19 heavy (non-hydrogen) atoms. The summed E-state index contributed by atoms with van der Waals surface area (Å²) in [5, 5.41) is 9.08. The molecular formula is C14H13NO3S. The number of hydrogen-bond acceptors (Lipinski definition) is 4. The van der Waals surface area contributed by atoms with Gasteiger partial charge in [0.25, 0.3) is 0 Å². The topological polar surface area (TPSA) is 59.4 Å². The molecule has 0 radical (unpaired) electrons. The fourth-order valence-corrected chi connectivity index (χ4v) is 2.50. The van der Waals surface area contributed by atoms with Gasteiger partial charge in [-0.05, 0) is 30.3 Å². The van der Waals surface area contributed by atoms with Gasteiger partial charge in [-0.2, -0.15) is 0 Å². The monoisotopic (exact) mass is 275 g/mol. The van der Waals surface area contributed by atoms with E-state index in [1.54, 1.807) is 25.4 Å². The molecule has 0 aliphatic heterocycles.